The summed E-state index contributed by atoms with van der Waals surface area (Å²) < 4.78 is 19.5. The highest BCUT2D eigenvalue weighted by Crippen LogP contribution is 2.36. The van der Waals surface area contributed by atoms with Crippen molar-refractivity contribution in [2.45, 2.75) is 24.5 Å². The van der Waals surface area contributed by atoms with E-state index in [1.54, 1.807) is 54.6 Å². The molecule has 1 aromatic heterocycles. The van der Waals surface area contributed by atoms with Gasteiger partial charge in [0.2, 0.25) is 0 Å². The third-order valence-electron chi connectivity index (χ3n) is 7.79. The maximum atomic E-state index is 14.4. The Morgan fingerprint density at radius 1 is 1.02 bits per heavy atom. The Bertz CT molecular complexity index is 2220. The number of carbonyl (C=O) groups is 1. The van der Waals surface area contributed by atoms with E-state index in [1.807, 2.05) is 85.1 Å². The molecule has 0 fully saturated rings. The van der Waals surface area contributed by atoms with E-state index in [1.165, 1.54) is 11.3 Å². The molecule has 0 spiro atoms. The summed E-state index contributed by atoms with van der Waals surface area (Å²) in [6, 6.07) is 31.3. The van der Waals surface area contributed by atoms with Crippen LogP contribution in [0.5, 0.6) is 11.5 Å². The predicted octanol–water partition coefficient (Wildman–Crippen LogP) is 6.12. The van der Waals surface area contributed by atoms with Gasteiger partial charge >= 0.3 is 5.97 Å². The maximum Gasteiger partial charge on any atom is 0.338 e. The average molecular weight is 674 g/mol. The Morgan fingerprint density at radius 2 is 1.77 bits per heavy atom. The maximum absolute atomic E-state index is 14.4. The lowest BCUT2D eigenvalue weighted by atomic mass is 9.93. The first-order valence-electron chi connectivity index (χ1n) is 15.2. The largest absolute Gasteiger partial charge is 0.493 e. The van der Waals surface area contributed by atoms with Crippen LogP contribution in [0, 0.1) is 11.3 Å². The van der Waals surface area contributed by atoms with Gasteiger partial charge in [-0.05, 0) is 60.7 Å². The summed E-state index contributed by atoms with van der Waals surface area (Å²) in [6.07, 6.45) is 3.76. The fraction of sp³-hybridized carbons (Fsp3) is 0.158. The van der Waals surface area contributed by atoms with E-state index >= 15 is 0 Å². The number of thioether (sulfide) groups is 1. The highest BCUT2D eigenvalue weighted by Gasteiger charge is 2.35. The van der Waals surface area contributed by atoms with Crippen LogP contribution in [0.15, 0.2) is 117 Å². The third-order valence-corrected chi connectivity index (χ3v) is 9.51. The molecule has 1 aliphatic heterocycles. The minimum Gasteiger partial charge on any atom is -0.493 e. The normalized spacial score (nSPS) is 14.1. The number of aromatic nitrogens is 1. The highest BCUT2D eigenvalue weighted by molar-refractivity contribution is 7.98. The zero-order valence-electron chi connectivity index (χ0n) is 26.5. The number of fused-ring (bicyclic) bond motifs is 1. The van der Waals surface area contributed by atoms with Crippen molar-refractivity contribution in [2.24, 2.45) is 4.99 Å². The molecule has 4 aromatic carbocycles. The number of methoxy groups -OCH3 is 1. The number of nitriles is 1. The van der Waals surface area contributed by atoms with Gasteiger partial charge in [-0.2, -0.15) is 5.26 Å². The van der Waals surface area contributed by atoms with Gasteiger partial charge in [-0.1, -0.05) is 78.1 Å². The van der Waals surface area contributed by atoms with Gasteiger partial charge in [0, 0.05) is 16.0 Å². The van der Waals surface area contributed by atoms with Gasteiger partial charge in [0.25, 0.3) is 5.56 Å². The fourth-order valence-electron chi connectivity index (χ4n) is 5.48. The molecular weight excluding hydrogens is 643 g/mol. The number of hydrogen-bond donors (Lipinski definition) is 0. The van der Waals surface area contributed by atoms with Crippen LogP contribution in [-0.2, 0) is 16.1 Å². The number of para-hydroxylation sites is 1. The first-order chi connectivity index (χ1) is 23.4. The first kappa shape index (κ1) is 32.6. The number of rotatable bonds is 10. The molecule has 0 saturated carbocycles. The summed E-state index contributed by atoms with van der Waals surface area (Å²) in [5, 5.41) is 9.14. The molecule has 5 aromatic rings. The SMILES string of the molecule is CCOC(=O)C1=C(c2ccccc2)N=c2s/c(=C\c3cccc(OC)c3OCc3ccc(C#N)cc3)c(=O)n2[C@@H]1c1ccc(SC)cc1. The number of hydrogen-bond acceptors (Lipinski definition) is 9. The number of nitrogens with zero attached hydrogens (tertiary/aromatic N) is 3. The molecule has 0 radical (unpaired) electrons. The molecule has 0 aliphatic carbocycles. The third kappa shape index (κ3) is 6.56. The molecule has 0 saturated heterocycles. The first-order valence-corrected chi connectivity index (χ1v) is 17.2. The van der Waals surface area contributed by atoms with E-state index in [9.17, 15) is 9.59 Å². The summed E-state index contributed by atoms with van der Waals surface area (Å²) in [5.41, 5.74) is 4.05. The molecule has 8 nitrogen and oxygen atoms in total. The zero-order valence-corrected chi connectivity index (χ0v) is 28.1. The van der Waals surface area contributed by atoms with Crippen molar-refractivity contribution >= 4 is 40.8 Å². The fourth-order valence-corrected chi connectivity index (χ4v) is 6.88. The van der Waals surface area contributed by atoms with Crippen molar-refractivity contribution in [1.82, 2.24) is 4.57 Å². The number of esters is 1. The lowest BCUT2D eigenvalue weighted by molar-refractivity contribution is -0.138. The second kappa shape index (κ2) is 14.6. The smallest absolute Gasteiger partial charge is 0.338 e. The van der Waals surface area contributed by atoms with Crippen molar-refractivity contribution in [3.8, 4) is 17.6 Å². The minimum atomic E-state index is -0.772. The van der Waals surface area contributed by atoms with Crippen LogP contribution in [0.4, 0.5) is 0 Å². The number of benzene rings is 4. The molecule has 10 heteroatoms. The molecule has 6 rings (SSSR count). The summed E-state index contributed by atoms with van der Waals surface area (Å²) in [6.45, 7) is 2.16. The van der Waals surface area contributed by atoms with Crippen LogP contribution >= 0.6 is 23.1 Å². The summed E-state index contributed by atoms with van der Waals surface area (Å²) in [7, 11) is 1.56. The monoisotopic (exact) mass is 673 g/mol. The van der Waals surface area contributed by atoms with Gasteiger partial charge in [0.1, 0.15) is 6.61 Å². The van der Waals surface area contributed by atoms with E-state index in [0.29, 0.717) is 43.2 Å². The summed E-state index contributed by atoms with van der Waals surface area (Å²) in [4.78, 5) is 34.6. The van der Waals surface area contributed by atoms with E-state index in [-0.39, 0.29) is 18.8 Å². The van der Waals surface area contributed by atoms with Crippen molar-refractivity contribution in [3.63, 3.8) is 0 Å². The highest BCUT2D eigenvalue weighted by atomic mass is 32.2. The van der Waals surface area contributed by atoms with E-state index in [0.717, 1.165) is 21.6 Å². The zero-order chi connectivity index (χ0) is 33.6. The van der Waals surface area contributed by atoms with Crippen molar-refractivity contribution in [1.29, 1.82) is 5.26 Å². The molecule has 0 bridgehead atoms. The van der Waals surface area contributed by atoms with Crippen molar-refractivity contribution in [2.75, 3.05) is 20.0 Å². The van der Waals surface area contributed by atoms with Crippen LogP contribution in [-0.4, -0.2) is 30.5 Å². The Balaban J connectivity index is 1.53. The van der Waals surface area contributed by atoms with E-state index < -0.39 is 12.0 Å². The molecule has 0 N–H and O–H groups in total. The van der Waals surface area contributed by atoms with E-state index in [2.05, 4.69) is 6.07 Å². The standard InChI is InChI=1S/C38H31N3O5S2/c1-4-45-37(43)32-33(26-9-6-5-7-10-26)40-38-41(34(32)27-17-19-29(47-3)20-18-27)36(42)31(48-38)21-28-11-8-12-30(44-2)35(28)46-23-25-15-13-24(22-39)14-16-25/h5-21,34H,4,23H2,1-3H3/b31-21-/t34-/m1/s1. The Labute approximate surface area is 285 Å². The topological polar surface area (TPSA) is 103 Å². The Morgan fingerprint density at radius 3 is 2.44 bits per heavy atom. The van der Waals surface area contributed by atoms with Gasteiger partial charge in [0.15, 0.2) is 16.3 Å². The Kier molecular flexibility index (Phi) is 9.90. The summed E-state index contributed by atoms with van der Waals surface area (Å²) in [5.74, 6) is 0.448. The number of ether oxygens (including phenoxy) is 3. The predicted molar refractivity (Wildman–Crippen MR) is 188 cm³/mol. The molecule has 1 atom stereocenters. The van der Waals surface area contributed by atoms with Crippen LogP contribution in [0.2, 0.25) is 0 Å². The molecule has 0 amide bonds. The second-order valence-electron chi connectivity index (χ2n) is 10.7. The number of thiazole rings is 1. The number of carbonyl (C=O) groups excluding carboxylic acids is 1. The van der Waals surface area contributed by atoms with Crippen LogP contribution < -0.4 is 24.4 Å². The minimum absolute atomic E-state index is 0.175. The molecule has 2 heterocycles. The van der Waals surface area contributed by atoms with Crippen LogP contribution in [0.1, 0.15) is 40.8 Å². The molecule has 240 valence electrons. The Hall–Kier alpha value is -5.37. The van der Waals surface area contributed by atoms with Gasteiger partial charge in [0.05, 0.1) is 47.2 Å². The molecular formula is C38H31N3O5S2. The lowest BCUT2D eigenvalue weighted by Crippen LogP contribution is -2.40. The van der Waals surface area contributed by atoms with Gasteiger partial charge in [-0.3, -0.25) is 9.36 Å². The van der Waals surface area contributed by atoms with Crippen molar-refractivity contribution < 1.29 is 19.0 Å². The second-order valence-corrected chi connectivity index (χ2v) is 12.6. The molecule has 1 aliphatic rings. The van der Waals surface area contributed by atoms with Crippen LogP contribution in [0.3, 0.4) is 0 Å². The van der Waals surface area contributed by atoms with Gasteiger partial charge in [-0.15, -0.1) is 11.8 Å². The van der Waals surface area contributed by atoms with E-state index in [4.69, 9.17) is 24.5 Å². The molecule has 48 heavy (non-hydrogen) atoms. The van der Waals surface area contributed by atoms with Crippen molar-refractivity contribution in [3.05, 3.63) is 150 Å². The van der Waals surface area contributed by atoms with Crippen LogP contribution in [0.25, 0.3) is 11.8 Å². The molecule has 0 unspecified atom stereocenters. The summed E-state index contributed by atoms with van der Waals surface area (Å²) >= 11 is 2.85. The van der Waals surface area contributed by atoms with Gasteiger partial charge in [-0.25, -0.2) is 9.79 Å². The lowest BCUT2D eigenvalue weighted by Gasteiger charge is -2.26. The average Bonchev–Trinajstić information content (AvgIpc) is 3.44. The quantitative estimate of drug-likeness (QED) is 0.130. The van der Waals surface area contributed by atoms with Gasteiger partial charge < -0.3 is 14.2 Å².